The van der Waals surface area contributed by atoms with Crippen molar-refractivity contribution in [3.8, 4) is 0 Å². The average molecular weight is 289 g/mol. The Bertz CT molecular complexity index is 662. The summed E-state index contributed by atoms with van der Waals surface area (Å²) in [5.41, 5.74) is 1.27. The Kier molecular flexibility index (Phi) is 4.21. The van der Waals surface area contributed by atoms with Gasteiger partial charge < -0.3 is 5.11 Å². The standard InChI is InChI=1S/C13H11N3O3S/c1-8-2-3-9(6-14-8)12(19)16-13-15-7-10(20-13)4-5-11(17)18/h2-7H,1H3,(H,17,18)(H,15,16,19). The van der Waals surface area contributed by atoms with Crippen LogP contribution < -0.4 is 5.32 Å². The fourth-order valence-corrected chi connectivity index (χ4v) is 2.06. The molecule has 102 valence electrons. The van der Waals surface area contributed by atoms with E-state index >= 15 is 0 Å². The van der Waals surface area contributed by atoms with Gasteiger partial charge in [0, 0.05) is 29.0 Å². The first-order valence-corrected chi connectivity index (χ1v) is 6.47. The summed E-state index contributed by atoms with van der Waals surface area (Å²) in [5, 5.41) is 11.6. The van der Waals surface area contributed by atoms with E-state index in [1.54, 1.807) is 12.1 Å². The molecule has 2 heterocycles. The molecule has 0 radical (unpaired) electrons. The first-order valence-electron chi connectivity index (χ1n) is 5.65. The minimum absolute atomic E-state index is 0.305. The van der Waals surface area contributed by atoms with Crippen LogP contribution in [0.1, 0.15) is 20.9 Å². The minimum Gasteiger partial charge on any atom is -0.478 e. The molecule has 0 aliphatic carbocycles. The highest BCUT2D eigenvalue weighted by atomic mass is 32.1. The van der Waals surface area contributed by atoms with Crippen LogP contribution in [0.4, 0.5) is 5.13 Å². The van der Waals surface area contributed by atoms with Gasteiger partial charge >= 0.3 is 5.97 Å². The monoisotopic (exact) mass is 289 g/mol. The fraction of sp³-hybridized carbons (Fsp3) is 0.0769. The Labute approximate surface area is 118 Å². The number of carboxylic acids is 1. The molecule has 0 saturated carbocycles. The number of nitrogens with zero attached hydrogens (tertiary/aromatic N) is 2. The Morgan fingerprint density at radius 2 is 2.10 bits per heavy atom. The number of thiazole rings is 1. The van der Waals surface area contributed by atoms with Crippen molar-refractivity contribution in [3.63, 3.8) is 0 Å². The maximum absolute atomic E-state index is 11.9. The topological polar surface area (TPSA) is 92.2 Å². The van der Waals surface area contributed by atoms with Crippen molar-refractivity contribution in [1.29, 1.82) is 0 Å². The second-order valence-electron chi connectivity index (χ2n) is 3.88. The number of nitrogens with one attached hydrogen (secondary N) is 1. The Morgan fingerprint density at radius 3 is 2.75 bits per heavy atom. The smallest absolute Gasteiger partial charge is 0.328 e. The van der Waals surface area contributed by atoms with Gasteiger partial charge in [-0.15, -0.1) is 0 Å². The molecule has 2 N–H and O–H groups in total. The lowest BCUT2D eigenvalue weighted by atomic mass is 10.2. The molecule has 0 aliphatic heterocycles. The number of carboxylic acid groups (broad SMARTS) is 1. The van der Waals surface area contributed by atoms with Crippen molar-refractivity contribution in [2.45, 2.75) is 6.92 Å². The van der Waals surface area contributed by atoms with Crippen molar-refractivity contribution >= 4 is 34.4 Å². The van der Waals surface area contributed by atoms with Gasteiger partial charge in [0.15, 0.2) is 5.13 Å². The lowest BCUT2D eigenvalue weighted by Gasteiger charge is -2.01. The number of pyridine rings is 1. The van der Waals surface area contributed by atoms with Crippen LogP contribution in [0.2, 0.25) is 0 Å². The first kappa shape index (κ1) is 13.9. The highest BCUT2D eigenvalue weighted by Crippen LogP contribution is 2.20. The van der Waals surface area contributed by atoms with Gasteiger partial charge in [-0.25, -0.2) is 9.78 Å². The molecule has 2 rings (SSSR count). The van der Waals surface area contributed by atoms with Crippen LogP contribution in [0.25, 0.3) is 6.08 Å². The third kappa shape index (κ3) is 3.72. The Balaban J connectivity index is 2.05. The molecule has 20 heavy (non-hydrogen) atoms. The van der Waals surface area contributed by atoms with E-state index < -0.39 is 5.97 Å². The van der Waals surface area contributed by atoms with Crippen LogP contribution in [-0.2, 0) is 4.79 Å². The van der Waals surface area contributed by atoms with E-state index in [0.717, 1.165) is 11.8 Å². The largest absolute Gasteiger partial charge is 0.478 e. The van der Waals surface area contributed by atoms with E-state index in [1.807, 2.05) is 6.92 Å². The summed E-state index contributed by atoms with van der Waals surface area (Å²) in [6.07, 6.45) is 5.42. The van der Waals surface area contributed by atoms with Gasteiger partial charge in [-0.1, -0.05) is 11.3 Å². The number of rotatable bonds is 4. The van der Waals surface area contributed by atoms with Crippen molar-refractivity contribution in [1.82, 2.24) is 9.97 Å². The van der Waals surface area contributed by atoms with Crippen molar-refractivity contribution in [2.24, 2.45) is 0 Å². The van der Waals surface area contributed by atoms with Crippen molar-refractivity contribution in [3.05, 3.63) is 46.7 Å². The molecule has 2 aromatic heterocycles. The second kappa shape index (κ2) is 6.07. The molecule has 0 aromatic carbocycles. The van der Waals surface area contributed by atoms with Crippen LogP contribution >= 0.6 is 11.3 Å². The molecular weight excluding hydrogens is 278 g/mol. The van der Waals surface area contributed by atoms with E-state index in [-0.39, 0.29) is 5.91 Å². The molecule has 7 heteroatoms. The third-order valence-corrected chi connectivity index (χ3v) is 3.19. The molecule has 0 aliphatic rings. The van der Waals surface area contributed by atoms with Crippen LogP contribution in [0, 0.1) is 6.92 Å². The summed E-state index contributed by atoms with van der Waals surface area (Å²) in [4.78, 5) is 31.0. The maximum Gasteiger partial charge on any atom is 0.328 e. The van der Waals surface area contributed by atoms with Crippen LogP contribution in [-0.4, -0.2) is 27.0 Å². The number of carbonyl (C=O) groups excluding carboxylic acids is 1. The maximum atomic E-state index is 11.9. The lowest BCUT2D eigenvalue weighted by molar-refractivity contribution is -0.131. The zero-order chi connectivity index (χ0) is 14.5. The summed E-state index contributed by atoms with van der Waals surface area (Å²) in [6, 6.07) is 3.42. The number of hydrogen-bond acceptors (Lipinski definition) is 5. The van der Waals surface area contributed by atoms with Crippen LogP contribution in [0.15, 0.2) is 30.6 Å². The van der Waals surface area contributed by atoms with Gasteiger partial charge in [0.2, 0.25) is 0 Å². The number of anilines is 1. The minimum atomic E-state index is -1.03. The van der Waals surface area contributed by atoms with E-state index in [4.69, 9.17) is 5.11 Å². The third-order valence-electron chi connectivity index (χ3n) is 2.31. The highest BCUT2D eigenvalue weighted by molar-refractivity contribution is 7.16. The molecule has 0 saturated heterocycles. The van der Waals surface area contributed by atoms with E-state index in [1.165, 1.54) is 29.8 Å². The lowest BCUT2D eigenvalue weighted by Crippen LogP contribution is -2.11. The molecule has 0 unspecified atom stereocenters. The van der Waals surface area contributed by atoms with E-state index in [9.17, 15) is 9.59 Å². The molecule has 0 bridgehead atoms. The number of carbonyl (C=O) groups is 2. The predicted octanol–water partition coefficient (Wildman–Crippen LogP) is 2.20. The quantitative estimate of drug-likeness (QED) is 0.842. The van der Waals surface area contributed by atoms with Crippen LogP contribution in [0.3, 0.4) is 0 Å². The number of aryl methyl sites for hydroxylation is 1. The summed E-state index contributed by atoms with van der Waals surface area (Å²) in [6.45, 7) is 1.84. The number of amides is 1. The molecule has 1 amide bonds. The normalized spacial score (nSPS) is 10.7. The van der Waals surface area contributed by atoms with E-state index in [2.05, 4.69) is 15.3 Å². The Morgan fingerprint density at radius 1 is 1.30 bits per heavy atom. The van der Waals surface area contributed by atoms with Crippen molar-refractivity contribution in [2.75, 3.05) is 5.32 Å². The number of hydrogen-bond donors (Lipinski definition) is 2. The molecule has 2 aromatic rings. The second-order valence-corrected chi connectivity index (χ2v) is 4.94. The fourth-order valence-electron chi connectivity index (χ4n) is 1.35. The first-order chi connectivity index (χ1) is 9.54. The van der Waals surface area contributed by atoms with Gasteiger partial charge in [0.25, 0.3) is 5.91 Å². The average Bonchev–Trinajstić information content (AvgIpc) is 2.84. The van der Waals surface area contributed by atoms with Gasteiger partial charge in [0.05, 0.1) is 5.56 Å². The van der Waals surface area contributed by atoms with Gasteiger partial charge in [-0.05, 0) is 25.1 Å². The zero-order valence-electron chi connectivity index (χ0n) is 10.5. The van der Waals surface area contributed by atoms with Gasteiger partial charge in [-0.3, -0.25) is 15.1 Å². The summed E-state index contributed by atoms with van der Waals surface area (Å²) in [7, 11) is 0. The van der Waals surface area contributed by atoms with Gasteiger partial charge in [0.1, 0.15) is 0 Å². The zero-order valence-corrected chi connectivity index (χ0v) is 11.3. The van der Waals surface area contributed by atoms with E-state index in [0.29, 0.717) is 15.6 Å². The Hall–Kier alpha value is -2.54. The number of aromatic nitrogens is 2. The summed E-state index contributed by atoms with van der Waals surface area (Å²) >= 11 is 1.19. The SMILES string of the molecule is Cc1ccc(C(=O)Nc2ncc(C=CC(=O)O)s2)cn1. The molecule has 0 spiro atoms. The van der Waals surface area contributed by atoms with Crippen LogP contribution in [0.5, 0.6) is 0 Å². The predicted molar refractivity (Wildman–Crippen MR) is 75.7 cm³/mol. The summed E-state index contributed by atoms with van der Waals surface area (Å²) < 4.78 is 0. The number of aliphatic carboxylic acids is 1. The van der Waals surface area contributed by atoms with Crippen molar-refractivity contribution < 1.29 is 14.7 Å². The molecule has 0 atom stereocenters. The van der Waals surface area contributed by atoms with Gasteiger partial charge in [-0.2, -0.15) is 0 Å². The summed E-state index contributed by atoms with van der Waals surface area (Å²) in [5.74, 6) is -1.34. The highest BCUT2D eigenvalue weighted by Gasteiger charge is 2.08. The molecular formula is C13H11N3O3S. The molecule has 6 nitrogen and oxygen atoms in total. The molecule has 0 fully saturated rings.